The molecule has 2 saturated heterocycles. The van der Waals surface area contributed by atoms with Gasteiger partial charge in [-0.1, -0.05) is 61.2 Å². The second-order valence-electron chi connectivity index (χ2n) is 10.3. The molecule has 2 amide bonds. The molecule has 3 aromatic rings. The maximum atomic E-state index is 13.3. The molecule has 5 atom stereocenters. The molecule has 0 radical (unpaired) electrons. The van der Waals surface area contributed by atoms with Crippen LogP contribution in [0.2, 0.25) is 0 Å². The fourth-order valence-electron chi connectivity index (χ4n) is 5.74. The normalized spacial score (nSPS) is 24.8. The first-order chi connectivity index (χ1) is 19.0. The molecular formula is C32H35N3O4. The molecule has 4 N–H and O–H groups in total. The average molecular weight is 526 g/mol. The minimum absolute atomic E-state index is 0.0147. The van der Waals surface area contributed by atoms with Crippen LogP contribution in [0.5, 0.6) is 0 Å². The summed E-state index contributed by atoms with van der Waals surface area (Å²) in [5.41, 5.74) is 4.46. The Labute approximate surface area is 229 Å². The predicted octanol–water partition coefficient (Wildman–Crippen LogP) is 3.39. The van der Waals surface area contributed by atoms with E-state index in [0.29, 0.717) is 18.8 Å². The minimum atomic E-state index is -1.03. The molecule has 202 valence electrons. The monoisotopic (exact) mass is 525 g/mol. The maximum Gasteiger partial charge on any atom is 0.321 e. The van der Waals surface area contributed by atoms with Crippen LogP contribution in [0, 0.1) is 11.8 Å². The first kappa shape index (κ1) is 26.9. The zero-order valence-electron chi connectivity index (χ0n) is 22.1. The molecular weight excluding hydrogens is 490 g/mol. The van der Waals surface area contributed by atoms with Crippen LogP contribution < -0.4 is 5.32 Å². The standard InChI is InChI=1S/C32H35N3O4/c1-2-27-31(25-14-10-23(11-15-25)9-8-22-6-4-3-5-7-22)28-18-34(19-29(37)30(38)20-35(27)28)32(39)33-26-16-12-24(21-36)13-17-26/h3-7,10-17,27-31,36-38H,2,18-21H2,1H3,(H,33,39)/t27-,28+,29-,30+,31+/m1/s1. The predicted molar refractivity (Wildman–Crippen MR) is 151 cm³/mol. The second-order valence-corrected chi connectivity index (χ2v) is 10.3. The molecule has 5 rings (SSSR count). The number of hydrogen-bond acceptors (Lipinski definition) is 5. The lowest BCUT2D eigenvalue weighted by Crippen LogP contribution is -2.69. The van der Waals surface area contributed by atoms with Crippen LogP contribution >= 0.6 is 0 Å². The van der Waals surface area contributed by atoms with Gasteiger partial charge in [0.15, 0.2) is 0 Å². The van der Waals surface area contributed by atoms with Crippen LogP contribution in [0.15, 0.2) is 78.9 Å². The number of rotatable bonds is 4. The van der Waals surface area contributed by atoms with Crippen molar-refractivity contribution in [2.24, 2.45) is 0 Å². The lowest BCUT2D eigenvalue weighted by atomic mass is 9.72. The van der Waals surface area contributed by atoms with Crippen molar-refractivity contribution < 1.29 is 20.1 Å². The summed E-state index contributed by atoms with van der Waals surface area (Å²) in [6.07, 6.45) is -1.09. The van der Waals surface area contributed by atoms with Crippen molar-refractivity contribution in [3.63, 3.8) is 0 Å². The van der Waals surface area contributed by atoms with Crippen LogP contribution in [0.4, 0.5) is 10.5 Å². The number of hydrogen-bond donors (Lipinski definition) is 4. The third kappa shape index (κ3) is 6.00. The number of amides is 2. The Morgan fingerprint density at radius 1 is 0.872 bits per heavy atom. The van der Waals surface area contributed by atoms with Crippen LogP contribution in [-0.2, 0) is 6.61 Å². The molecule has 0 saturated carbocycles. The molecule has 3 aromatic carbocycles. The molecule has 2 aliphatic heterocycles. The first-order valence-corrected chi connectivity index (χ1v) is 13.5. The summed E-state index contributed by atoms with van der Waals surface area (Å²) in [6, 6.07) is 25.1. The summed E-state index contributed by atoms with van der Waals surface area (Å²) in [4.78, 5) is 17.1. The van der Waals surface area contributed by atoms with E-state index in [1.54, 1.807) is 29.2 Å². The largest absolute Gasteiger partial charge is 0.392 e. The highest BCUT2D eigenvalue weighted by Crippen LogP contribution is 2.43. The highest BCUT2D eigenvalue weighted by molar-refractivity contribution is 5.89. The van der Waals surface area contributed by atoms with E-state index >= 15 is 0 Å². The van der Waals surface area contributed by atoms with Crippen molar-refractivity contribution in [2.75, 3.05) is 25.0 Å². The number of carbonyl (C=O) groups excluding carboxylic acids is 1. The molecule has 7 nitrogen and oxygen atoms in total. The number of aliphatic hydroxyl groups is 3. The van der Waals surface area contributed by atoms with E-state index in [0.717, 1.165) is 23.1 Å². The van der Waals surface area contributed by atoms with Gasteiger partial charge < -0.3 is 25.5 Å². The Bertz CT molecular complexity index is 1320. The van der Waals surface area contributed by atoms with Crippen molar-refractivity contribution in [1.82, 2.24) is 9.80 Å². The highest BCUT2D eigenvalue weighted by Gasteiger charge is 2.50. The van der Waals surface area contributed by atoms with E-state index in [4.69, 9.17) is 0 Å². The zero-order valence-corrected chi connectivity index (χ0v) is 22.1. The van der Waals surface area contributed by atoms with Gasteiger partial charge in [-0.3, -0.25) is 4.90 Å². The van der Waals surface area contributed by atoms with Crippen LogP contribution in [0.25, 0.3) is 0 Å². The molecule has 2 heterocycles. The molecule has 39 heavy (non-hydrogen) atoms. The Morgan fingerprint density at radius 3 is 2.15 bits per heavy atom. The number of anilines is 1. The van der Waals surface area contributed by atoms with Gasteiger partial charge in [0.2, 0.25) is 0 Å². The molecule has 0 aromatic heterocycles. The van der Waals surface area contributed by atoms with E-state index in [2.05, 4.69) is 41.1 Å². The number of β-amino-alcohol motifs (C(OH)–C–C–N with tert-alkyl or cyclic N) is 1. The van der Waals surface area contributed by atoms with Gasteiger partial charge in [0, 0.05) is 47.9 Å². The van der Waals surface area contributed by atoms with Gasteiger partial charge in [-0.05, 0) is 53.9 Å². The Balaban J connectivity index is 1.35. The van der Waals surface area contributed by atoms with E-state index in [-0.39, 0.29) is 37.2 Å². The van der Waals surface area contributed by atoms with Gasteiger partial charge in [0.25, 0.3) is 0 Å². The Morgan fingerprint density at radius 2 is 1.51 bits per heavy atom. The molecule has 2 aliphatic rings. The van der Waals surface area contributed by atoms with E-state index < -0.39 is 12.2 Å². The first-order valence-electron chi connectivity index (χ1n) is 13.5. The van der Waals surface area contributed by atoms with Gasteiger partial charge in [0.05, 0.1) is 25.4 Å². The molecule has 0 spiro atoms. The number of carbonyl (C=O) groups is 1. The summed E-state index contributed by atoms with van der Waals surface area (Å²) in [7, 11) is 0. The minimum Gasteiger partial charge on any atom is -0.392 e. The lowest BCUT2D eigenvalue weighted by Gasteiger charge is -2.58. The molecule has 0 bridgehead atoms. The van der Waals surface area contributed by atoms with Gasteiger partial charge >= 0.3 is 6.03 Å². The van der Waals surface area contributed by atoms with E-state index in [1.807, 2.05) is 42.5 Å². The van der Waals surface area contributed by atoms with Crippen molar-refractivity contribution >= 4 is 11.7 Å². The van der Waals surface area contributed by atoms with Crippen LogP contribution in [-0.4, -0.2) is 75.1 Å². The SMILES string of the molecule is CC[C@@H]1[C@H](c2ccc(C#Cc3ccccc3)cc2)[C@@H]2CN(C(=O)Nc3ccc(CO)cc3)C[C@@H](O)[C@@H](O)CN12. The number of aliphatic hydroxyl groups excluding tert-OH is 3. The van der Waals surface area contributed by atoms with Crippen molar-refractivity contribution in [3.8, 4) is 11.8 Å². The van der Waals surface area contributed by atoms with E-state index in [9.17, 15) is 20.1 Å². The third-order valence-electron chi connectivity index (χ3n) is 7.85. The van der Waals surface area contributed by atoms with Crippen molar-refractivity contribution in [2.45, 2.75) is 50.2 Å². The van der Waals surface area contributed by atoms with Gasteiger partial charge in [-0.15, -0.1) is 0 Å². The molecule has 2 fully saturated rings. The molecule has 0 unspecified atom stereocenters. The van der Waals surface area contributed by atoms with Gasteiger partial charge in [-0.2, -0.15) is 0 Å². The second kappa shape index (κ2) is 12.0. The quantitative estimate of drug-likeness (QED) is 0.392. The summed E-state index contributed by atoms with van der Waals surface area (Å²) in [5, 5.41) is 33.5. The number of nitrogens with one attached hydrogen (secondary N) is 1. The van der Waals surface area contributed by atoms with Gasteiger partial charge in [0.1, 0.15) is 0 Å². The lowest BCUT2D eigenvalue weighted by molar-refractivity contribution is -0.102. The number of urea groups is 1. The average Bonchev–Trinajstić information content (AvgIpc) is 2.96. The summed E-state index contributed by atoms with van der Waals surface area (Å²) in [6.45, 7) is 2.92. The van der Waals surface area contributed by atoms with Gasteiger partial charge in [-0.25, -0.2) is 4.79 Å². The fraction of sp³-hybridized carbons (Fsp3) is 0.344. The molecule has 0 aliphatic carbocycles. The third-order valence-corrected chi connectivity index (χ3v) is 7.85. The number of benzene rings is 3. The van der Waals surface area contributed by atoms with E-state index in [1.165, 1.54) is 5.56 Å². The zero-order chi connectivity index (χ0) is 27.4. The Kier molecular flexibility index (Phi) is 8.30. The number of fused-ring (bicyclic) bond motifs is 1. The summed E-state index contributed by atoms with van der Waals surface area (Å²) < 4.78 is 0. The fourth-order valence-corrected chi connectivity index (χ4v) is 5.74. The van der Waals surface area contributed by atoms with Crippen LogP contribution in [0.3, 0.4) is 0 Å². The smallest absolute Gasteiger partial charge is 0.321 e. The molecule has 7 heteroatoms. The summed E-state index contributed by atoms with van der Waals surface area (Å²) >= 11 is 0. The van der Waals surface area contributed by atoms with Crippen molar-refractivity contribution in [3.05, 3.63) is 101 Å². The van der Waals surface area contributed by atoms with Crippen molar-refractivity contribution in [1.29, 1.82) is 0 Å². The highest BCUT2D eigenvalue weighted by atomic mass is 16.3. The maximum absolute atomic E-state index is 13.3. The topological polar surface area (TPSA) is 96.3 Å². The number of nitrogens with zero attached hydrogens (tertiary/aromatic N) is 2. The Hall–Kier alpha value is -3.67. The summed E-state index contributed by atoms with van der Waals surface area (Å²) in [5.74, 6) is 6.62. The van der Waals surface area contributed by atoms with Crippen LogP contribution in [0.1, 0.15) is 41.5 Å².